The van der Waals surface area contributed by atoms with E-state index < -0.39 is 0 Å². The van der Waals surface area contributed by atoms with Gasteiger partial charge in [-0.1, -0.05) is 42.5 Å². The molecule has 0 unspecified atom stereocenters. The van der Waals surface area contributed by atoms with Crippen molar-refractivity contribution in [3.63, 3.8) is 0 Å². The molecule has 0 saturated carbocycles. The van der Waals surface area contributed by atoms with Gasteiger partial charge in [0.2, 0.25) is 0 Å². The van der Waals surface area contributed by atoms with Crippen LogP contribution in [0, 0.1) is 0 Å². The van der Waals surface area contributed by atoms with Crippen LogP contribution in [0.4, 0.5) is 0 Å². The van der Waals surface area contributed by atoms with Crippen LogP contribution in [0.2, 0.25) is 0 Å². The third kappa shape index (κ3) is 4.70. The van der Waals surface area contributed by atoms with Crippen molar-refractivity contribution < 1.29 is 5.11 Å². The van der Waals surface area contributed by atoms with E-state index in [9.17, 15) is 5.11 Å². The summed E-state index contributed by atoms with van der Waals surface area (Å²) in [6.45, 7) is 0.647. The van der Waals surface area contributed by atoms with Crippen LogP contribution >= 0.6 is 12.2 Å². The molecular formula is C15H15N3OS. The van der Waals surface area contributed by atoms with Crippen molar-refractivity contribution in [3.05, 3.63) is 65.7 Å². The van der Waals surface area contributed by atoms with Crippen LogP contribution in [0.5, 0.6) is 5.75 Å². The van der Waals surface area contributed by atoms with Gasteiger partial charge in [0.05, 0.1) is 6.21 Å². The fraction of sp³-hybridized carbons (Fsp3) is 0.0667. The second kappa shape index (κ2) is 7.25. The molecule has 2 aromatic carbocycles. The van der Waals surface area contributed by atoms with Gasteiger partial charge in [-0.05, 0) is 35.5 Å². The molecule has 0 fully saturated rings. The van der Waals surface area contributed by atoms with E-state index in [2.05, 4.69) is 15.8 Å². The summed E-state index contributed by atoms with van der Waals surface area (Å²) < 4.78 is 0. The van der Waals surface area contributed by atoms with Crippen molar-refractivity contribution in [1.29, 1.82) is 0 Å². The van der Waals surface area contributed by atoms with Gasteiger partial charge in [0.25, 0.3) is 0 Å². The topological polar surface area (TPSA) is 56.7 Å². The largest absolute Gasteiger partial charge is 0.508 e. The Kier molecular flexibility index (Phi) is 5.08. The molecular weight excluding hydrogens is 270 g/mol. The number of nitrogens with one attached hydrogen (secondary N) is 2. The first kappa shape index (κ1) is 14.0. The van der Waals surface area contributed by atoms with Gasteiger partial charge in [-0.3, -0.25) is 5.43 Å². The average molecular weight is 285 g/mol. The smallest absolute Gasteiger partial charge is 0.187 e. The molecule has 2 rings (SSSR count). The number of nitrogens with zero attached hydrogens (tertiary/aromatic N) is 1. The summed E-state index contributed by atoms with van der Waals surface area (Å²) in [6, 6.07) is 16.8. The third-order valence-electron chi connectivity index (χ3n) is 2.55. The number of hydrogen-bond acceptors (Lipinski definition) is 3. The highest BCUT2D eigenvalue weighted by Crippen LogP contribution is 2.08. The molecule has 0 aromatic heterocycles. The van der Waals surface area contributed by atoms with Gasteiger partial charge in [0.1, 0.15) is 5.75 Å². The summed E-state index contributed by atoms with van der Waals surface area (Å²) in [4.78, 5) is 0. The minimum Gasteiger partial charge on any atom is -0.508 e. The molecule has 20 heavy (non-hydrogen) atoms. The van der Waals surface area contributed by atoms with Crippen molar-refractivity contribution in [2.24, 2.45) is 5.10 Å². The van der Waals surface area contributed by atoms with Gasteiger partial charge < -0.3 is 10.4 Å². The molecule has 2 aromatic rings. The van der Waals surface area contributed by atoms with Crippen molar-refractivity contribution in [2.75, 3.05) is 0 Å². The summed E-state index contributed by atoms with van der Waals surface area (Å²) in [5.41, 5.74) is 4.67. The van der Waals surface area contributed by atoms with Crippen molar-refractivity contribution in [1.82, 2.24) is 10.7 Å². The number of rotatable bonds is 4. The van der Waals surface area contributed by atoms with Crippen molar-refractivity contribution >= 4 is 23.5 Å². The molecule has 102 valence electrons. The van der Waals surface area contributed by atoms with Crippen LogP contribution in [-0.4, -0.2) is 16.4 Å². The zero-order chi connectivity index (χ0) is 14.2. The lowest BCUT2D eigenvalue weighted by Crippen LogP contribution is -2.31. The van der Waals surface area contributed by atoms with E-state index >= 15 is 0 Å². The van der Waals surface area contributed by atoms with Crippen LogP contribution in [0.15, 0.2) is 59.7 Å². The molecule has 0 aliphatic heterocycles. The fourth-order valence-corrected chi connectivity index (χ4v) is 1.71. The summed E-state index contributed by atoms with van der Waals surface area (Å²) in [5, 5.41) is 16.8. The number of phenolic OH excluding ortho intramolecular Hbond substituents is 1. The lowest BCUT2D eigenvalue weighted by atomic mass is 10.2. The Morgan fingerprint density at radius 2 is 1.95 bits per heavy atom. The van der Waals surface area contributed by atoms with E-state index in [1.807, 2.05) is 36.4 Å². The van der Waals surface area contributed by atoms with Gasteiger partial charge in [-0.2, -0.15) is 5.10 Å². The zero-order valence-corrected chi connectivity index (χ0v) is 11.6. The molecule has 5 heteroatoms. The minimum absolute atomic E-state index is 0.207. The Morgan fingerprint density at radius 1 is 1.15 bits per heavy atom. The predicted molar refractivity (Wildman–Crippen MR) is 84.7 cm³/mol. The molecule has 0 aliphatic carbocycles. The number of thiocarbonyl (C=S) groups is 1. The van der Waals surface area contributed by atoms with Crippen LogP contribution in [0.25, 0.3) is 0 Å². The zero-order valence-electron chi connectivity index (χ0n) is 10.8. The summed E-state index contributed by atoms with van der Waals surface area (Å²) in [6.07, 6.45) is 1.59. The number of aromatic hydroxyl groups is 1. The molecule has 0 spiro atoms. The Balaban J connectivity index is 1.78. The second-order valence-corrected chi connectivity index (χ2v) is 4.54. The van der Waals surface area contributed by atoms with Crippen molar-refractivity contribution in [3.8, 4) is 5.75 Å². The first-order valence-corrected chi connectivity index (χ1v) is 6.55. The molecule has 3 N–H and O–H groups in total. The quantitative estimate of drug-likeness (QED) is 0.459. The van der Waals surface area contributed by atoms with Crippen LogP contribution in [0.3, 0.4) is 0 Å². The monoisotopic (exact) mass is 285 g/mol. The highest BCUT2D eigenvalue weighted by molar-refractivity contribution is 7.80. The number of phenols is 1. The molecule has 0 aliphatic rings. The lowest BCUT2D eigenvalue weighted by Gasteiger charge is -2.06. The van der Waals surface area contributed by atoms with E-state index in [1.54, 1.807) is 24.4 Å². The van der Waals surface area contributed by atoms with E-state index in [-0.39, 0.29) is 5.75 Å². The maximum atomic E-state index is 9.31. The molecule has 4 nitrogen and oxygen atoms in total. The molecule has 0 amide bonds. The first-order chi connectivity index (χ1) is 9.74. The van der Waals surface area contributed by atoms with Crippen LogP contribution in [0.1, 0.15) is 11.1 Å². The van der Waals surface area contributed by atoms with Gasteiger partial charge >= 0.3 is 0 Å². The number of benzene rings is 2. The van der Waals surface area contributed by atoms with E-state index in [1.165, 1.54) is 0 Å². The summed E-state index contributed by atoms with van der Waals surface area (Å²) in [7, 11) is 0. The van der Waals surface area contributed by atoms with Gasteiger partial charge in [-0.15, -0.1) is 0 Å². The molecule has 0 radical (unpaired) electrons. The Labute approximate surface area is 123 Å². The predicted octanol–water partition coefficient (Wildman–Crippen LogP) is 2.39. The lowest BCUT2D eigenvalue weighted by molar-refractivity contribution is 0.475. The standard InChI is InChI=1S/C15H15N3OS/c19-14-8-4-7-13(9-14)11-17-18-15(20)16-10-12-5-2-1-3-6-12/h1-9,11,19H,10H2,(H2,16,18,20). The summed E-state index contributed by atoms with van der Waals surface area (Å²) in [5.74, 6) is 0.207. The molecule has 0 heterocycles. The number of hydrazone groups is 1. The van der Waals surface area contributed by atoms with Gasteiger partial charge in [0, 0.05) is 6.54 Å². The van der Waals surface area contributed by atoms with Crippen LogP contribution < -0.4 is 10.7 Å². The minimum atomic E-state index is 0.207. The van der Waals surface area contributed by atoms with Gasteiger partial charge in [0.15, 0.2) is 5.11 Å². The first-order valence-electron chi connectivity index (χ1n) is 6.14. The van der Waals surface area contributed by atoms with Crippen molar-refractivity contribution in [2.45, 2.75) is 6.54 Å². The Morgan fingerprint density at radius 3 is 2.70 bits per heavy atom. The molecule has 0 atom stereocenters. The van der Waals surface area contributed by atoms with E-state index in [0.29, 0.717) is 11.7 Å². The third-order valence-corrected chi connectivity index (χ3v) is 2.78. The average Bonchev–Trinajstić information content (AvgIpc) is 2.46. The van der Waals surface area contributed by atoms with E-state index in [4.69, 9.17) is 12.2 Å². The fourth-order valence-electron chi connectivity index (χ4n) is 1.59. The SMILES string of the molecule is Oc1cccc(C=NNC(=S)NCc2ccccc2)c1. The number of hydrogen-bond donors (Lipinski definition) is 3. The maximum absolute atomic E-state index is 9.31. The molecule has 0 saturated heterocycles. The Hall–Kier alpha value is -2.40. The highest BCUT2D eigenvalue weighted by atomic mass is 32.1. The van der Waals surface area contributed by atoms with Crippen LogP contribution in [-0.2, 0) is 6.54 Å². The van der Waals surface area contributed by atoms with E-state index in [0.717, 1.165) is 11.1 Å². The highest BCUT2D eigenvalue weighted by Gasteiger charge is 1.94. The maximum Gasteiger partial charge on any atom is 0.187 e. The Bertz CT molecular complexity index is 599. The summed E-state index contributed by atoms with van der Waals surface area (Å²) >= 11 is 5.11. The normalized spacial score (nSPS) is 10.4. The van der Waals surface area contributed by atoms with Gasteiger partial charge in [-0.25, -0.2) is 0 Å². The molecule has 0 bridgehead atoms. The second-order valence-electron chi connectivity index (χ2n) is 4.13.